The van der Waals surface area contributed by atoms with Crippen molar-refractivity contribution in [1.29, 1.82) is 0 Å². The second-order valence-corrected chi connectivity index (χ2v) is 5.98. The minimum Gasteiger partial charge on any atom is -0.328 e. The van der Waals surface area contributed by atoms with Crippen LogP contribution in [0.15, 0.2) is 18.2 Å². The van der Waals surface area contributed by atoms with Gasteiger partial charge in [0.1, 0.15) is 0 Å². The molecule has 0 bridgehead atoms. The maximum absolute atomic E-state index is 5.81. The third-order valence-corrected chi connectivity index (χ3v) is 3.29. The lowest BCUT2D eigenvalue weighted by molar-refractivity contribution is 0.622. The largest absolute Gasteiger partial charge is 0.328 e. The quantitative estimate of drug-likeness (QED) is 0.770. The van der Waals surface area contributed by atoms with Crippen LogP contribution in [0.5, 0.6) is 0 Å². The highest BCUT2D eigenvalue weighted by Crippen LogP contribution is 2.17. The van der Waals surface area contributed by atoms with Crippen LogP contribution in [0.3, 0.4) is 0 Å². The van der Waals surface area contributed by atoms with Crippen LogP contribution in [0, 0.1) is 5.92 Å². The molecule has 0 spiro atoms. The van der Waals surface area contributed by atoms with Crippen molar-refractivity contribution in [3.8, 4) is 0 Å². The minimum atomic E-state index is 0.328. The van der Waals surface area contributed by atoms with Crippen molar-refractivity contribution in [2.45, 2.75) is 65.8 Å². The summed E-state index contributed by atoms with van der Waals surface area (Å²) in [5, 5.41) is 0. The molecule has 0 saturated heterocycles. The summed E-state index contributed by atoms with van der Waals surface area (Å²) in [5.74, 6) is 0.731. The maximum atomic E-state index is 5.81. The fourth-order valence-electron chi connectivity index (χ4n) is 2.41. The Morgan fingerprint density at radius 1 is 1.00 bits per heavy atom. The highest BCUT2D eigenvalue weighted by molar-refractivity contribution is 5.30. The van der Waals surface area contributed by atoms with Gasteiger partial charge in [-0.1, -0.05) is 39.0 Å². The first kappa shape index (κ1) is 15.2. The van der Waals surface area contributed by atoms with Crippen LogP contribution in [0.1, 0.15) is 57.2 Å². The summed E-state index contributed by atoms with van der Waals surface area (Å²) < 4.78 is 0. The van der Waals surface area contributed by atoms with E-state index in [2.05, 4.69) is 45.9 Å². The molecule has 0 radical (unpaired) electrons. The molecule has 102 valence electrons. The molecule has 1 rings (SSSR count). The molecule has 1 atom stereocenters. The Morgan fingerprint density at radius 3 is 2.17 bits per heavy atom. The summed E-state index contributed by atoms with van der Waals surface area (Å²) in [4.78, 5) is 0. The Bertz CT molecular complexity index is 353. The van der Waals surface area contributed by atoms with E-state index in [1.807, 2.05) is 0 Å². The zero-order valence-electron chi connectivity index (χ0n) is 12.5. The third kappa shape index (κ3) is 5.68. The van der Waals surface area contributed by atoms with E-state index < -0.39 is 0 Å². The third-order valence-electron chi connectivity index (χ3n) is 3.29. The first-order chi connectivity index (χ1) is 8.51. The predicted molar refractivity (Wildman–Crippen MR) is 80.9 cm³/mol. The van der Waals surface area contributed by atoms with E-state index in [0.29, 0.717) is 6.04 Å². The smallest absolute Gasteiger partial charge is 0.00105 e. The van der Waals surface area contributed by atoms with E-state index in [9.17, 15) is 0 Å². The van der Waals surface area contributed by atoms with E-state index >= 15 is 0 Å². The highest BCUT2D eigenvalue weighted by atomic mass is 14.6. The molecule has 0 aliphatic rings. The minimum absolute atomic E-state index is 0.328. The second-order valence-electron chi connectivity index (χ2n) is 5.98. The fraction of sp³-hybridized carbons (Fsp3) is 0.647. The molecule has 0 heterocycles. The van der Waals surface area contributed by atoms with Gasteiger partial charge < -0.3 is 5.73 Å². The van der Waals surface area contributed by atoms with Crippen LogP contribution in [0.4, 0.5) is 0 Å². The molecule has 1 nitrogen and oxygen atoms in total. The van der Waals surface area contributed by atoms with Crippen molar-refractivity contribution in [3.05, 3.63) is 34.9 Å². The molecule has 1 aromatic rings. The normalized spacial score (nSPS) is 13.0. The number of hydrogen-bond acceptors (Lipinski definition) is 1. The molecular formula is C17H29N. The van der Waals surface area contributed by atoms with E-state index in [1.54, 1.807) is 0 Å². The Hall–Kier alpha value is -0.820. The average molecular weight is 247 g/mol. The van der Waals surface area contributed by atoms with Gasteiger partial charge in [-0.15, -0.1) is 0 Å². The van der Waals surface area contributed by atoms with Gasteiger partial charge in [-0.05, 0) is 61.6 Å². The molecule has 2 N–H and O–H groups in total. The van der Waals surface area contributed by atoms with Crippen LogP contribution >= 0.6 is 0 Å². The van der Waals surface area contributed by atoms with Gasteiger partial charge in [-0.3, -0.25) is 0 Å². The van der Waals surface area contributed by atoms with E-state index in [0.717, 1.165) is 18.8 Å². The van der Waals surface area contributed by atoms with Gasteiger partial charge in [0.15, 0.2) is 0 Å². The van der Waals surface area contributed by atoms with Crippen molar-refractivity contribution < 1.29 is 0 Å². The molecular weight excluding hydrogens is 218 g/mol. The molecule has 1 aromatic carbocycles. The summed E-state index contributed by atoms with van der Waals surface area (Å²) in [6.45, 7) is 8.90. The lowest BCUT2D eigenvalue weighted by Gasteiger charge is -2.11. The topological polar surface area (TPSA) is 26.0 Å². The summed E-state index contributed by atoms with van der Waals surface area (Å²) in [7, 11) is 0. The molecule has 1 heteroatoms. The molecule has 18 heavy (non-hydrogen) atoms. The molecule has 0 amide bonds. The Balaban J connectivity index is 2.70. The van der Waals surface area contributed by atoms with Gasteiger partial charge in [-0.25, -0.2) is 0 Å². The van der Waals surface area contributed by atoms with E-state index in [-0.39, 0.29) is 0 Å². The summed E-state index contributed by atoms with van der Waals surface area (Å²) in [6, 6.07) is 7.45. The number of hydrogen-bond donors (Lipinski definition) is 1. The lowest BCUT2D eigenvalue weighted by Crippen LogP contribution is -2.14. The number of nitrogens with two attached hydrogens (primary N) is 1. The molecule has 0 aliphatic heterocycles. The maximum Gasteiger partial charge on any atom is 0.00105 e. The average Bonchev–Trinajstić information content (AvgIpc) is 2.27. The lowest BCUT2D eigenvalue weighted by atomic mass is 9.95. The number of aryl methyl sites for hydroxylation is 2. The molecule has 0 aliphatic carbocycles. The zero-order chi connectivity index (χ0) is 13.5. The molecule has 0 saturated carbocycles. The van der Waals surface area contributed by atoms with Gasteiger partial charge in [0.2, 0.25) is 0 Å². The van der Waals surface area contributed by atoms with Crippen LogP contribution in [-0.2, 0) is 19.3 Å². The van der Waals surface area contributed by atoms with Gasteiger partial charge in [0.05, 0.1) is 0 Å². The SMILES string of the molecule is CCc1cc(CCCC(C)N)cc(CC(C)C)c1. The van der Waals surface area contributed by atoms with E-state index in [1.165, 1.54) is 36.0 Å². The molecule has 0 fully saturated rings. The monoisotopic (exact) mass is 247 g/mol. The Morgan fingerprint density at radius 2 is 1.61 bits per heavy atom. The first-order valence-corrected chi connectivity index (χ1v) is 7.38. The summed E-state index contributed by atoms with van der Waals surface area (Å²) in [6.07, 6.45) is 5.81. The van der Waals surface area contributed by atoms with Crippen LogP contribution in [-0.4, -0.2) is 6.04 Å². The standard InChI is InChI=1S/C17H29N/c1-5-15-10-16(8-6-7-14(4)18)12-17(11-15)9-13(2)3/h10-14H,5-9,18H2,1-4H3. The number of rotatable bonds is 7. The van der Waals surface area contributed by atoms with Crippen LogP contribution in [0.2, 0.25) is 0 Å². The van der Waals surface area contributed by atoms with Crippen molar-refractivity contribution in [3.63, 3.8) is 0 Å². The van der Waals surface area contributed by atoms with Gasteiger partial charge in [-0.2, -0.15) is 0 Å². The predicted octanol–water partition coefficient (Wildman–Crippen LogP) is 4.12. The van der Waals surface area contributed by atoms with Crippen molar-refractivity contribution in [1.82, 2.24) is 0 Å². The van der Waals surface area contributed by atoms with Crippen LogP contribution < -0.4 is 5.73 Å². The Kier molecular flexibility index (Phi) is 6.42. The summed E-state index contributed by atoms with van der Waals surface area (Å²) >= 11 is 0. The van der Waals surface area contributed by atoms with Crippen molar-refractivity contribution in [2.75, 3.05) is 0 Å². The fourth-order valence-corrected chi connectivity index (χ4v) is 2.41. The van der Waals surface area contributed by atoms with Gasteiger partial charge >= 0.3 is 0 Å². The zero-order valence-corrected chi connectivity index (χ0v) is 12.5. The van der Waals surface area contributed by atoms with Crippen LogP contribution in [0.25, 0.3) is 0 Å². The van der Waals surface area contributed by atoms with Crippen molar-refractivity contribution in [2.24, 2.45) is 11.7 Å². The Labute approximate surface area is 113 Å². The van der Waals surface area contributed by atoms with Crippen molar-refractivity contribution >= 4 is 0 Å². The molecule has 0 aromatic heterocycles. The summed E-state index contributed by atoms with van der Waals surface area (Å²) in [5.41, 5.74) is 10.3. The highest BCUT2D eigenvalue weighted by Gasteiger charge is 2.03. The molecule has 1 unspecified atom stereocenters. The van der Waals surface area contributed by atoms with Gasteiger partial charge in [0, 0.05) is 6.04 Å². The first-order valence-electron chi connectivity index (χ1n) is 7.38. The second kappa shape index (κ2) is 7.58. The van der Waals surface area contributed by atoms with E-state index in [4.69, 9.17) is 5.73 Å². The number of benzene rings is 1. The van der Waals surface area contributed by atoms with Gasteiger partial charge in [0.25, 0.3) is 0 Å².